The maximum Gasteiger partial charge on any atom is 0.263 e. The van der Waals surface area contributed by atoms with Gasteiger partial charge < -0.3 is 0 Å². The van der Waals surface area contributed by atoms with Gasteiger partial charge in [-0.2, -0.15) is 0 Å². The number of pyridine rings is 1. The Labute approximate surface area is 161 Å². The number of rotatable bonds is 3. The SMILES string of the molecule is O=S(=O)(Nc1ccccc1C#Cc1cccnc1)c1csc2ccccc12. The molecule has 4 aromatic rings. The normalized spacial score (nSPS) is 11.0. The maximum atomic E-state index is 12.9. The van der Waals surface area contributed by atoms with E-state index >= 15 is 0 Å². The van der Waals surface area contributed by atoms with Crippen LogP contribution in [0.5, 0.6) is 0 Å². The van der Waals surface area contributed by atoms with Crippen LogP contribution in [-0.2, 0) is 10.0 Å². The number of thiophene rings is 1. The Morgan fingerprint density at radius 3 is 2.59 bits per heavy atom. The lowest BCUT2D eigenvalue weighted by molar-refractivity contribution is 0.602. The van der Waals surface area contributed by atoms with Gasteiger partial charge in [0.1, 0.15) is 4.90 Å². The molecular weight excluding hydrogens is 376 g/mol. The van der Waals surface area contributed by atoms with E-state index in [1.165, 1.54) is 11.3 Å². The van der Waals surface area contributed by atoms with Crippen LogP contribution in [0.25, 0.3) is 10.1 Å². The lowest BCUT2D eigenvalue weighted by atomic mass is 10.2. The Hall–Kier alpha value is -3.14. The number of fused-ring (bicyclic) bond motifs is 1. The molecule has 0 bridgehead atoms. The van der Waals surface area contributed by atoms with Crippen molar-refractivity contribution in [3.63, 3.8) is 0 Å². The van der Waals surface area contributed by atoms with Crippen molar-refractivity contribution in [2.24, 2.45) is 0 Å². The maximum absolute atomic E-state index is 12.9. The first-order valence-corrected chi connectivity index (χ1v) is 10.5. The largest absolute Gasteiger partial charge is 0.278 e. The van der Waals surface area contributed by atoms with E-state index in [-0.39, 0.29) is 4.90 Å². The predicted octanol–water partition coefficient (Wildman–Crippen LogP) is 4.50. The summed E-state index contributed by atoms with van der Waals surface area (Å²) in [6.07, 6.45) is 3.34. The van der Waals surface area contributed by atoms with E-state index in [0.29, 0.717) is 16.6 Å². The Morgan fingerprint density at radius 2 is 1.74 bits per heavy atom. The zero-order valence-corrected chi connectivity index (χ0v) is 15.7. The smallest absolute Gasteiger partial charge is 0.263 e. The minimum atomic E-state index is -3.72. The number of para-hydroxylation sites is 1. The van der Waals surface area contributed by atoms with Gasteiger partial charge in [-0.1, -0.05) is 42.2 Å². The second-order valence-corrected chi connectivity index (χ2v) is 8.30. The van der Waals surface area contributed by atoms with Crippen LogP contribution in [0.4, 0.5) is 5.69 Å². The highest BCUT2D eigenvalue weighted by Crippen LogP contribution is 2.30. The van der Waals surface area contributed by atoms with Gasteiger partial charge in [-0.3, -0.25) is 9.71 Å². The second kappa shape index (κ2) is 7.23. The number of hydrogen-bond acceptors (Lipinski definition) is 4. The van der Waals surface area contributed by atoms with Crippen LogP contribution in [0.15, 0.2) is 83.3 Å². The van der Waals surface area contributed by atoms with Gasteiger partial charge in [-0.25, -0.2) is 8.42 Å². The zero-order chi connectivity index (χ0) is 18.7. The third kappa shape index (κ3) is 3.70. The summed E-state index contributed by atoms with van der Waals surface area (Å²) in [6, 6.07) is 18.2. The van der Waals surface area contributed by atoms with Gasteiger partial charge in [0.15, 0.2) is 0 Å². The number of hydrogen-bond donors (Lipinski definition) is 1. The van der Waals surface area contributed by atoms with E-state index in [2.05, 4.69) is 21.5 Å². The molecule has 0 unspecified atom stereocenters. The summed E-state index contributed by atoms with van der Waals surface area (Å²) in [5.74, 6) is 6.03. The van der Waals surface area contributed by atoms with Crippen LogP contribution in [-0.4, -0.2) is 13.4 Å². The molecule has 0 amide bonds. The molecule has 4 nitrogen and oxygen atoms in total. The minimum absolute atomic E-state index is 0.276. The van der Waals surface area contributed by atoms with Crippen LogP contribution in [0.2, 0.25) is 0 Å². The van der Waals surface area contributed by atoms with Crippen molar-refractivity contribution in [2.75, 3.05) is 4.72 Å². The van der Waals surface area contributed by atoms with E-state index in [1.54, 1.807) is 42.0 Å². The van der Waals surface area contributed by atoms with Crippen LogP contribution >= 0.6 is 11.3 Å². The first-order chi connectivity index (χ1) is 13.1. The number of sulfonamides is 1. The fourth-order valence-corrected chi connectivity index (χ4v) is 5.20. The molecule has 0 saturated heterocycles. The lowest BCUT2D eigenvalue weighted by Crippen LogP contribution is -2.13. The molecule has 0 aliphatic rings. The molecule has 2 heterocycles. The highest BCUT2D eigenvalue weighted by atomic mass is 32.2. The van der Waals surface area contributed by atoms with Crippen molar-refractivity contribution < 1.29 is 8.42 Å². The number of aromatic nitrogens is 1. The third-order valence-electron chi connectivity index (χ3n) is 3.91. The Balaban J connectivity index is 1.70. The van der Waals surface area contributed by atoms with Gasteiger partial charge in [0.05, 0.1) is 5.69 Å². The summed E-state index contributed by atoms with van der Waals surface area (Å²) >= 11 is 1.41. The number of benzene rings is 2. The third-order valence-corrected chi connectivity index (χ3v) is 6.43. The highest BCUT2D eigenvalue weighted by molar-refractivity contribution is 7.93. The average Bonchev–Trinajstić information content (AvgIpc) is 3.13. The van der Waals surface area contributed by atoms with Crippen molar-refractivity contribution in [3.8, 4) is 11.8 Å². The topological polar surface area (TPSA) is 59.1 Å². The molecule has 0 spiro atoms. The molecule has 0 fully saturated rings. The fraction of sp³-hybridized carbons (Fsp3) is 0. The van der Waals surface area contributed by atoms with Crippen LogP contribution in [0, 0.1) is 11.8 Å². The van der Waals surface area contributed by atoms with E-state index in [9.17, 15) is 8.42 Å². The average molecular weight is 390 g/mol. The molecule has 2 aromatic heterocycles. The van der Waals surface area contributed by atoms with Crippen LogP contribution in [0.1, 0.15) is 11.1 Å². The molecule has 2 aromatic carbocycles. The quantitative estimate of drug-likeness (QED) is 0.524. The van der Waals surface area contributed by atoms with Crippen molar-refractivity contribution in [3.05, 3.63) is 89.6 Å². The molecular formula is C21H14N2O2S2. The first kappa shape index (κ1) is 17.3. The van der Waals surface area contributed by atoms with E-state index in [1.807, 2.05) is 36.4 Å². The van der Waals surface area contributed by atoms with E-state index in [4.69, 9.17) is 0 Å². The Bertz CT molecular complexity index is 1270. The number of nitrogens with one attached hydrogen (secondary N) is 1. The van der Waals surface area contributed by atoms with Crippen molar-refractivity contribution >= 4 is 37.1 Å². The summed E-state index contributed by atoms with van der Waals surface area (Å²) in [5, 5.41) is 2.38. The van der Waals surface area contributed by atoms with E-state index < -0.39 is 10.0 Å². The van der Waals surface area contributed by atoms with Crippen LogP contribution in [0.3, 0.4) is 0 Å². The van der Waals surface area contributed by atoms with Crippen molar-refractivity contribution in [1.29, 1.82) is 0 Å². The number of nitrogens with zero attached hydrogens (tertiary/aromatic N) is 1. The summed E-state index contributed by atoms with van der Waals surface area (Å²) in [4.78, 5) is 4.30. The van der Waals surface area contributed by atoms with Crippen molar-refractivity contribution in [1.82, 2.24) is 4.98 Å². The van der Waals surface area contributed by atoms with Gasteiger partial charge in [-0.05, 0) is 30.3 Å². The molecule has 0 saturated carbocycles. The molecule has 1 N–H and O–H groups in total. The van der Waals surface area contributed by atoms with Gasteiger partial charge in [0.25, 0.3) is 10.0 Å². The van der Waals surface area contributed by atoms with Gasteiger partial charge in [0, 0.05) is 39.0 Å². The van der Waals surface area contributed by atoms with Crippen molar-refractivity contribution in [2.45, 2.75) is 4.90 Å². The predicted molar refractivity (Wildman–Crippen MR) is 109 cm³/mol. The Kier molecular flexibility index (Phi) is 4.63. The molecule has 132 valence electrons. The molecule has 6 heteroatoms. The highest BCUT2D eigenvalue weighted by Gasteiger charge is 2.19. The summed E-state index contributed by atoms with van der Waals surface area (Å²) < 4.78 is 29.5. The lowest BCUT2D eigenvalue weighted by Gasteiger charge is -2.09. The molecule has 27 heavy (non-hydrogen) atoms. The summed E-state index contributed by atoms with van der Waals surface area (Å²) in [7, 11) is -3.72. The summed E-state index contributed by atoms with van der Waals surface area (Å²) in [6.45, 7) is 0. The first-order valence-electron chi connectivity index (χ1n) is 8.14. The number of anilines is 1. The van der Waals surface area contributed by atoms with Crippen LogP contribution < -0.4 is 4.72 Å². The molecule has 0 atom stereocenters. The zero-order valence-electron chi connectivity index (χ0n) is 14.1. The molecule has 0 aliphatic heterocycles. The fourth-order valence-electron chi connectivity index (χ4n) is 2.62. The molecule has 0 radical (unpaired) electrons. The van der Waals surface area contributed by atoms with Gasteiger partial charge in [0.2, 0.25) is 0 Å². The minimum Gasteiger partial charge on any atom is -0.278 e. The molecule has 4 rings (SSSR count). The molecule has 0 aliphatic carbocycles. The van der Waals surface area contributed by atoms with Gasteiger partial charge >= 0.3 is 0 Å². The monoisotopic (exact) mass is 390 g/mol. The van der Waals surface area contributed by atoms with Gasteiger partial charge in [-0.15, -0.1) is 11.3 Å². The Morgan fingerprint density at radius 1 is 0.926 bits per heavy atom. The van der Waals surface area contributed by atoms with E-state index in [0.717, 1.165) is 10.3 Å². The summed E-state index contributed by atoms with van der Waals surface area (Å²) in [5.41, 5.74) is 1.81. The second-order valence-electron chi connectivity index (χ2n) is 5.74. The standard InChI is InChI=1S/C21H14N2O2S2/c24-27(25,21-15-26-20-10-4-2-8-18(20)21)23-19-9-3-1-7-17(19)12-11-16-6-5-13-22-14-16/h1-10,13-15,23H.